The van der Waals surface area contributed by atoms with E-state index in [0.717, 1.165) is 51.4 Å². The summed E-state index contributed by atoms with van der Waals surface area (Å²) in [5.41, 5.74) is 0. The van der Waals surface area contributed by atoms with E-state index in [1.807, 2.05) is 27.2 Å². The van der Waals surface area contributed by atoms with Gasteiger partial charge in [-0.3, -0.25) is 13.8 Å². The van der Waals surface area contributed by atoms with Crippen LogP contribution in [0.25, 0.3) is 0 Å². The Labute approximate surface area is 447 Å². The monoisotopic (exact) mass is 1030 g/mol. The van der Waals surface area contributed by atoms with E-state index in [1.54, 1.807) is 6.08 Å². The Morgan fingerprint density at radius 3 is 1.21 bits per heavy atom. The van der Waals surface area contributed by atoms with E-state index >= 15 is 0 Å². The van der Waals surface area contributed by atoms with Crippen LogP contribution >= 0.6 is 7.82 Å². The Bertz CT molecular complexity index is 1360. The highest BCUT2D eigenvalue weighted by Gasteiger charge is 2.27. The van der Waals surface area contributed by atoms with Crippen molar-refractivity contribution in [1.29, 1.82) is 0 Å². The first-order valence-corrected chi connectivity index (χ1v) is 32.2. The number of phosphoric ester groups is 1. The molecular weight excluding hydrogens is 912 g/mol. The van der Waals surface area contributed by atoms with Crippen molar-refractivity contribution < 1.29 is 32.9 Å². The zero-order valence-electron chi connectivity index (χ0n) is 48.2. The number of nitrogens with zero attached hydrogens (tertiary/aromatic N) is 1. The van der Waals surface area contributed by atoms with Gasteiger partial charge in [0.2, 0.25) is 5.91 Å². The minimum Gasteiger partial charge on any atom is -0.387 e. The van der Waals surface area contributed by atoms with Crippen LogP contribution in [0.3, 0.4) is 0 Å². The number of likely N-dealkylation sites (N-methyl/N-ethyl adjacent to an activating group) is 1. The summed E-state index contributed by atoms with van der Waals surface area (Å²) in [6.45, 7) is 4.81. The second-order valence-electron chi connectivity index (χ2n) is 22.1. The lowest BCUT2D eigenvalue weighted by atomic mass is 10.0. The summed E-state index contributed by atoms with van der Waals surface area (Å²) < 4.78 is 23.7. The fourth-order valence-corrected chi connectivity index (χ4v) is 9.63. The molecular formula is C63H120N2O6P+. The number of phosphoric acid groups is 1. The molecule has 0 saturated heterocycles. The molecule has 8 nitrogen and oxygen atoms in total. The molecule has 1 amide bonds. The summed E-state index contributed by atoms with van der Waals surface area (Å²) in [6.07, 6.45) is 73.3. The molecule has 0 aliphatic heterocycles. The lowest BCUT2D eigenvalue weighted by molar-refractivity contribution is -0.870. The molecule has 3 N–H and O–H groups in total. The fourth-order valence-electron chi connectivity index (χ4n) is 8.89. The lowest BCUT2D eigenvalue weighted by Crippen LogP contribution is -2.45. The zero-order chi connectivity index (χ0) is 52.7. The third-order valence-corrected chi connectivity index (χ3v) is 14.7. The van der Waals surface area contributed by atoms with Gasteiger partial charge in [-0.25, -0.2) is 4.57 Å². The number of aliphatic hydroxyl groups excluding tert-OH is 1. The molecule has 3 unspecified atom stereocenters. The van der Waals surface area contributed by atoms with Gasteiger partial charge >= 0.3 is 7.82 Å². The molecule has 0 aromatic carbocycles. The van der Waals surface area contributed by atoms with Crippen molar-refractivity contribution in [2.75, 3.05) is 40.9 Å². The maximum atomic E-state index is 13.0. The minimum atomic E-state index is -4.36. The van der Waals surface area contributed by atoms with Crippen LogP contribution in [-0.2, 0) is 18.4 Å². The summed E-state index contributed by atoms with van der Waals surface area (Å²) >= 11 is 0. The summed E-state index contributed by atoms with van der Waals surface area (Å²) in [7, 11) is 1.56. The van der Waals surface area contributed by atoms with E-state index in [1.165, 1.54) is 212 Å². The van der Waals surface area contributed by atoms with Gasteiger partial charge in [0.1, 0.15) is 13.2 Å². The Hall–Kier alpha value is -1.80. The highest BCUT2D eigenvalue weighted by Crippen LogP contribution is 2.43. The van der Waals surface area contributed by atoms with Crippen LogP contribution in [0.1, 0.15) is 284 Å². The van der Waals surface area contributed by atoms with Crippen LogP contribution in [0.5, 0.6) is 0 Å². The van der Waals surface area contributed by atoms with E-state index in [0.29, 0.717) is 17.4 Å². The zero-order valence-corrected chi connectivity index (χ0v) is 49.1. The lowest BCUT2D eigenvalue weighted by Gasteiger charge is -2.25. The number of allylic oxidation sites excluding steroid dienone is 9. The Balaban J connectivity index is 4.19. The predicted molar refractivity (Wildman–Crippen MR) is 314 cm³/mol. The first-order chi connectivity index (χ1) is 35.0. The van der Waals surface area contributed by atoms with Crippen molar-refractivity contribution >= 4 is 13.7 Å². The van der Waals surface area contributed by atoms with Gasteiger partial charge in [-0.05, 0) is 70.6 Å². The van der Waals surface area contributed by atoms with E-state index < -0.39 is 20.0 Å². The van der Waals surface area contributed by atoms with Gasteiger partial charge in [-0.15, -0.1) is 0 Å². The third kappa shape index (κ3) is 55.9. The van der Waals surface area contributed by atoms with E-state index in [9.17, 15) is 19.4 Å². The molecule has 9 heteroatoms. The van der Waals surface area contributed by atoms with Crippen LogP contribution < -0.4 is 5.32 Å². The van der Waals surface area contributed by atoms with E-state index in [4.69, 9.17) is 9.05 Å². The van der Waals surface area contributed by atoms with Crippen LogP contribution in [0.2, 0.25) is 0 Å². The first-order valence-electron chi connectivity index (χ1n) is 30.7. The van der Waals surface area contributed by atoms with Crippen molar-refractivity contribution in [3.63, 3.8) is 0 Å². The second kappa shape index (κ2) is 54.0. The highest BCUT2D eigenvalue weighted by atomic mass is 31.2. The average molecular weight is 1030 g/mol. The van der Waals surface area contributed by atoms with Crippen molar-refractivity contribution in [2.24, 2.45) is 0 Å². The maximum absolute atomic E-state index is 13.0. The number of nitrogens with one attached hydrogen (secondary N) is 1. The fraction of sp³-hybridized carbons (Fsp3) is 0.825. The molecule has 0 bridgehead atoms. The molecule has 0 rings (SSSR count). The highest BCUT2D eigenvalue weighted by molar-refractivity contribution is 7.47. The Morgan fingerprint density at radius 1 is 0.472 bits per heavy atom. The van der Waals surface area contributed by atoms with Gasteiger partial charge in [0.15, 0.2) is 0 Å². The SMILES string of the molecule is CCCCCCC/C=C\C/C=C\C/C=C\CCCCCCCCCCCCCCCCC(=O)NC(COP(=O)(O)OCC[N+](C)(C)C)C(O)/C=C/CC/C=C/CCCCCCCCCCCCCCCCC. The van der Waals surface area contributed by atoms with Crippen molar-refractivity contribution in [1.82, 2.24) is 5.32 Å². The molecule has 0 aliphatic rings. The average Bonchev–Trinajstić information content (AvgIpc) is 3.34. The van der Waals surface area contributed by atoms with E-state index in [-0.39, 0.29) is 19.1 Å². The van der Waals surface area contributed by atoms with Crippen LogP contribution in [0.4, 0.5) is 0 Å². The molecule has 0 aliphatic carbocycles. The number of quaternary nitrogens is 1. The number of hydrogen-bond donors (Lipinski definition) is 3. The van der Waals surface area contributed by atoms with Crippen molar-refractivity contribution in [3.8, 4) is 0 Å². The molecule has 0 saturated carbocycles. The summed E-state index contributed by atoms with van der Waals surface area (Å²) in [4.78, 5) is 23.3. The normalized spacial score (nSPS) is 14.3. The van der Waals surface area contributed by atoms with Gasteiger partial charge in [0, 0.05) is 6.42 Å². The van der Waals surface area contributed by atoms with Crippen LogP contribution in [0, 0.1) is 0 Å². The molecule has 0 radical (unpaired) electrons. The Kier molecular flexibility index (Phi) is 52.7. The topological polar surface area (TPSA) is 105 Å². The van der Waals surface area contributed by atoms with Gasteiger partial charge in [-0.1, -0.05) is 267 Å². The van der Waals surface area contributed by atoms with Crippen molar-refractivity contribution in [2.45, 2.75) is 296 Å². The molecule has 0 fully saturated rings. The number of rotatable bonds is 56. The second-order valence-corrected chi connectivity index (χ2v) is 23.5. The van der Waals surface area contributed by atoms with Gasteiger partial charge in [0.25, 0.3) is 0 Å². The molecule has 0 aromatic rings. The Morgan fingerprint density at radius 2 is 0.806 bits per heavy atom. The number of hydrogen-bond acceptors (Lipinski definition) is 5. The number of unbranched alkanes of at least 4 members (excludes halogenated alkanes) is 35. The van der Waals surface area contributed by atoms with Gasteiger partial charge < -0.3 is 19.8 Å². The molecule has 72 heavy (non-hydrogen) atoms. The molecule has 0 heterocycles. The largest absolute Gasteiger partial charge is 0.472 e. The predicted octanol–water partition coefficient (Wildman–Crippen LogP) is 18.9. The number of aliphatic hydroxyl groups is 1. The van der Waals surface area contributed by atoms with Gasteiger partial charge in [-0.2, -0.15) is 0 Å². The first kappa shape index (κ1) is 70.2. The summed E-state index contributed by atoms with van der Waals surface area (Å²) in [5, 5.41) is 13.9. The summed E-state index contributed by atoms with van der Waals surface area (Å²) in [6, 6.07) is -0.866. The molecule has 0 aromatic heterocycles. The van der Waals surface area contributed by atoms with Crippen molar-refractivity contribution in [3.05, 3.63) is 60.8 Å². The number of amides is 1. The van der Waals surface area contributed by atoms with E-state index in [2.05, 4.69) is 67.8 Å². The molecule has 422 valence electrons. The maximum Gasteiger partial charge on any atom is 0.472 e. The number of carbonyl (C=O) groups is 1. The third-order valence-electron chi connectivity index (χ3n) is 13.7. The minimum absolute atomic E-state index is 0.0551. The standard InChI is InChI=1S/C63H119N2O6P/c1-6-8-10-12-14-16-18-20-22-24-26-28-29-30-31-32-33-34-35-37-39-41-43-45-47-49-51-53-55-57-63(67)64-61(60-71-72(68,69)70-59-58-65(3,4)5)62(66)56-54-52-50-48-46-44-42-40-38-36-27-25-23-21-19-17-15-13-11-9-7-2/h18,20,24,26,29-30,46,48,54,56,61-62,66H,6-17,19,21-23,25,27-28,31-45,47,49-53,55,57-60H2,1-5H3,(H-,64,67,68,69)/p+1/b20-18-,26-24-,30-29-,48-46+,56-54+. The van der Waals surface area contributed by atoms with Crippen LogP contribution in [0.15, 0.2) is 60.8 Å². The molecule has 0 spiro atoms. The van der Waals surface area contributed by atoms with Gasteiger partial charge in [0.05, 0.1) is 39.9 Å². The van der Waals surface area contributed by atoms with Crippen LogP contribution in [-0.4, -0.2) is 73.4 Å². The quantitative estimate of drug-likeness (QED) is 0.0243. The summed E-state index contributed by atoms with van der Waals surface area (Å²) in [5.74, 6) is -0.186. The number of carbonyl (C=O) groups excluding carboxylic acids is 1. The molecule has 3 atom stereocenters. The smallest absolute Gasteiger partial charge is 0.387 e.